The Hall–Kier alpha value is -1.71. The quantitative estimate of drug-likeness (QED) is 0.936. The fraction of sp³-hybridized carbons (Fsp3) is 0.389. The van der Waals surface area contributed by atoms with Crippen LogP contribution in [0, 0.1) is 5.92 Å². The second-order valence-electron chi connectivity index (χ2n) is 5.86. The number of nitrogens with zero attached hydrogens (tertiary/aromatic N) is 2. The third kappa shape index (κ3) is 3.69. The van der Waals surface area contributed by atoms with Gasteiger partial charge in [0.15, 0.2) is 0 Å². The molecule has 1 aromatic heterocycles. The van der Waals surface area contributed by atoms with E-state index in [1.807, 2.05) is 24.5 Å². The van der Waals surface area contributed by atoms with Crippen molar-refractivity contribution in [1.82, 2.24) is 9.88 Å². The summed E-state index contributed by atoms with van der Waals surface area (Å²) in [5.41, 5.74) is 3.78. The minimum Gasteiger partial charge on any atom is -0.396 e. The van der Waals surface area contributed by atoms with Crippen molar-refractivity contribution in [2.45, 2.75) is 19.4 Å². The van der Waals surface area contributed by atoms with Gasteiger partial charge in [-0.2, -0.15) is 0 Å². The van der Waals surface area contributed by atoms with E-state index in [1.165, 1.54) is 23.1 Å². The van der Waals surface area contributed by atoms with Crippen LogP contribution in [-0.4, -0.2) is 34.7 Å². The molecule has 0 saturated carbocycles. The number of aliphatic hydroxyl groups excluding tert-OH is 1. The summed E-state index contributed by atoms with van der Waals surface area (Å²) in [7, 11) is 0. The van der Waals surface area contributed by atoms with E-state index in [4.69, 9.17) is 0 Å². The number of piperidine rings is 1. The Morgan fingerprint density at radius 2 is 2.00 bits per heavy atom. The molecule has 21 heavy (non-hydrogen) atoms. The second kappa shape index (κ2) is 6.83. The summed E-state index contributed by atoms with van der Waals surface area (Å²) >= 11 is 0. The van der Waals surface area contributed by atoms with E-state index in [2.05, 4.69) is 34.1 Å². The van der Waals surface area contributed by atoms with Gasteiger partial charge < -0.3 is 5.11 Å². The summed E-state index contributed by atoms with van der Waals surface area (Å²) in [5.74, 6) is 0.446. The summed E-state index contributed by atoms with van der Waals surface area (Å²) in [6, 6.07) is 12.8. The third-order valence-electron chi connectivity index (χ3n) is 4.21. The largest absolute Gasteiger partial charge is 0.396 e. The van der Waals surface area contributed by atoms with Crippen LogP contribution < -0.4 is 0 Å². The predicted octanol–water partition coefficient (Wildman–Crippen LogP) is 2.95. The first kappa shape index (κ1) is 14.2. The van der Waals surface area contributed by atoms with E-state index in [0.29, 0.717) is 12.5 Å². The predicted molar refractivity (Wildman–Crippen MR) is 84.8 cm³/mol. The number of likely N-dealkylation sites (tertiary alicyclic amines) is 1. The standard InChI is InChI=1S/C18H22N2O/c21-14-16-4-2-10-20(13-16)12-15-3-1-5-18(11-15)17-6-8-19-9-7-17/h1,3,5-9,11,16,21H,2,4,10,12-14H2. The van der Waals surface area contributed by atoms with Gasteiger partial charge >= 0.3 is 0 Å². The molecule has 1 aliphatic rings. The molecule has 0 amide bonds. The van der Waals surface area contributed by atoms with Crippen molar-refractivity contribution in [1.29, 1.82) is 0 Å². The molecular weight excluding hydrogens is 260 g/mol. The van der Waals surface area contributed by atoms with Crippen molar-refractivity contribution >= 4 is 0 Å². The van der Waals surface area contributed by atoms with E-state index in [9.17, 15) is 5.11 Å². The Labute approximate surface area is 126 Å². The molecule has 3 nitrogen and oxygen atoms in total. The highest BCUT2D eigenvalue weighted by molar-refractivity contribution is 5.63. The highest BCUT2D eigenvalue weighted by Crippen LogP contribution is 2.22. The molecular formula is C18H22N2O. The van der Waals surface area contributed by atoms with Gasteiger partial charge in [0.25, 0.3) is 0 Å². The first-order valence-electron chi connectivity index (χ1n) is 7.67. The average Bonchev–Trinajstić information content (AvgIpc) is 2.56. The maximum atomic E-state index is 9.34. The van der Waals surface area contributed by atoms with E-state index in [1.54, 1.807) is 0 Å². The second-order valence-corrected chi connectivity index (χ2v) is 5.86. The van der Waals surface area contributed by atoms with E-state index >= 15 is 0 Å². The minimum atomic E-state index is 0.313. The van der Waals surface area contributed by atoms with Gasteiger partial charge in [0.05, 0.1) is 0 Å². The number of aromatic nitrogens is 1. The lowest BCUT2D eigenvalue weighted by atomic mass is 9.98. The molecule has 3 heteroatoms. The molecule has 1 atom stereocenters. The molecule has 0 bridgehead atoms. The fourth-order valence-corrected chi connectivity index (χ4v) is 3.10. The van der Waals surface area contributed by atoms with Crippen LogP contribution in [0.2, 0.25) is 0 Å². The lowest BCUT2D eigenvalue weighted by Crippen LogP contribution is -2.36. The lowest BCUT2D eigenvalue weighted by Gasteiger charge is -2.31. The van der Waals surface area contributed by atoms with Crippen molar-refractivity contribution in [2.24, 2.45) is 5.92 Å². The molecule has 2 aromatic rings. The van der Waals surface area contributed by atoms with E-state index in [0.717, 1.165) is 26.1 Å². The van der Waals surface area contributed by atoms with Gasteiger partial charge in [-0.1, -0.05) is 18.2 Å². The zero-order valence-corrected chi connectivity index (χ0v) is 12.3. The van der Waals surface area contributed by atoms with Crippen LogP contribution in [0.4, 0.5) is 0 Å². The van der Waals surface area contributed by atoms with Crippen molar-refractivity contribution in [3.63, 3.8) is 0 Å². The van der Waals surface area contributed by atoms with E-state index in [-0.39, 0.29) is 0 Å². The number of aliphatic hydroxyl groups is 1. The summed E-state index contributed by atoms with van der Waals surface area (Å²) in [4.78, 5) is 6.53. The molecule has 1 N–H and O–H groups in total. The van der Waals surface area contributed by atoms with Crippen molar-refractivity contribution < 1.29 is 5.11 Å². The molecule has 1 aromatic carbocycles. The van der Waals surface area contributed by atoms with E-state index < -0.39 is 0 Å². The molecule has 2 heterocycles. The van der Waals surface area contributed by atoms with Crippen LogP contribution in [0.1, 0.15) is 18.4 Å². The van der Waals surface area contributed by atoms with Crippen LogP contribution in [0.3, 0.4) is 0 Å². The summed E-state index contributed by atoms with van der Waals surface area (Å²) < 4.78 is 0. The number of hydrogen-bond donors (Lipinski definition) is 1. The van der Waals surface area contributed by atoms with Gasteiger partial charge in [-0.3, -0.25) is 9.88 Å². The van der Waals surface area contributed by atoms with Crippen molar-refractivity contribution in [2.75, 3.05) is 19.7 Å². The van der Waals surface area contributed by atoms with Gasteiger partial charge in [0.2, 0.25) is 0 Å². The molecule has 1 fully saturated rings. The highest BCUT2D eigenvalue weighted by Gasteiger charge is 2.19. The third-order valence-corrected chi connectivity index (χ3v) is 4.21. The molecule has 3 rings (SSSR count). The Morgan fingerprint density at radius 3 is 2.81 bits per heavy atom. The summed E-state index contributed by atoms with van der Waals surface area (Å²) in [6.07, 6.45) is 6.01. The maximum absolute atomic E-state index is 9.34. The molecule has 1 saturated heterocycles. The molecule has 1 unspecified atom stereocenters. The highest BCUT2D eigenvalue weighted by atomic mass is 16.3. The van der Waals surface area contributed by atoms with Gasteiger partial charge in [-0.05, 0) is 60.2 Å². The van der Waals surface area contributed by atoms with Gasteiger partial charge in [-0.25, -0.2) is 0 Å². The number of pyridine rings is 1. The first-order chi connectivity index (χ1) is 10.3. The molecule has 0 radical (unpaired) electrons. The molecule has 1 aliphatic heterocycles. The fourth-order valence-electron chi connectivity index (χ4n) is 3.10. The molecule has 0 spiro atoms. The van der Waals surface area contributed by atoms with Crippen LogP contribution >= 0.6 is 0 Å². The minimum absolute atomic E-state index is 0.313. The van der Waals surface area contributed by atoms with Crippen LogP contribution in [-0.2, 0) is 6.54 Å². The smallest absolute Gasteiger partial charge is 0.0471 e. The van der Waals surface area contributed by atoms with Crippen LogP contribution in [0.5, 0.6) is 0 Å². The van der Waals surface area contributed by atoms with Crippen molar-refractivity contribution in [3.8, 4) is 11.1 Å². The van der Waals surface area contributed by atoms with Gasteiger partial charge in [-0.15, -0.1) is 0 Å². The normalized spacial score (nSPS) is 19.6. The maximum Gasteiger partial charge on any atom is 0.0471 e. The summed E-state index contributed by atoms with van der Waals surface area (Å²) in [5, 5.41) is 9.34. The SMILES string of the molecule is OCC1CCCN(Cc2cccc(-c3ccncc3)c2)C1. The van der Waals surface area contributed by atoms with Crippen molar-refractivity contribution in [3.05, 3.63) is 54.4 Å². The Bertz CT molecular complexity index is 570. The van der Waals surface area contributed by atoms with Gasteiger partial charge in [0.1, 0.15) is 0 Å². The number of benzene rings is 1. The lowest BCUT2D eigenvalue weighted by molar-refractivity contribution is 0.116. The average molecular weight is 282 g/mol. The topological polar surface area (TPSA) is 36.4 Å². The first-order valence-corrected chi connectivity index (χ1v) is 7.67. The van der Waals surface area contributed by atoms with Crippen LogP contribution in [0.25, 0.3) is 11.1 Å². The zero-order chi connectivity index (χ0) is 14.5. The molecule has 110 valence electrons. The monoisotopic (exact) mass is 282 g/mol. The number of hydrogen-bond acceptors (Lipinski definition) is 3. The molecule has 0 aliphatic carbocycles. The van der Waals surface area contributed by atoms with Gasteiger partial charge in [0, 0.05) is 32.1 Å². The Kier molecular flexibility index (Phi) is 4.63. The Morgan fingerprint density at radius 1 is 1.14 bits per heavy atom. The van der Waals surface area contributed by atoms with Crippen LogP contribution in [0.15, 0.2) is 48.8 Å². The number of rotatable bonds is 4. The summed E-state index contributed by atoms with van der Waals surface area (Å²) in [6.45, 7) is 3.43. The zero-order valence-electron chi connectivity index (χ0n) is 12.3. The Balaban J connectivity index is 1.72.